The van der Waals surface area contributed by atoms with Crippen molar-refractivity contribution >= 4 is 11.7 Å². The van der Waals surface area contributed by atoms with E-state index >= 15 is 0 Å². The van der Waals surface area contributed by atoms with Crippen LogP contribution < -0.4 is 10.1 Å². The average Bonchev–Trinajstić information content (AvgIpc) is 2.52. The van der Waals surface area contributed by atoms with E-state index in [1.807, 2.05) is 32.0 Å². The number of rotatable bonds is 5. The second kappa shape index (κ2) is 6.87. The third kappa shape index (κ3) is 3.82. The van der Waals surface area contributed by atoms with Crippen LogP contribution in [0.1, 0.15) is 45.7 Å². The van der Waals surface area contributed by atoms with Crippen molar-refractivity contribution in [3.05, 3.63) is 64.7 Å². The summed E-state index contributed by atoms with van der Waals surface area (Å²) in [7, 11) is 1.51. The number of para-hydroxylation sites is 1. The normalized spacial score (nSPS) is 11.0. The fourth-order valence-corrected chi connectivity index (χ4v) is 2.71. The number of hydrogen-bond donors (Lipinski definition) is 1. The largest absolute Gasteiger partial charge is 0.496 e. The average molecular weight is 325 g/mol. The van der Waals surface area contributed by atoms with Gasteiger partial charge in [-0.1, -0.05) is 29.3 Å². The number of benzene rings is 2. The van der Waals surface area contributed by atoms with E-state index in [9.17, 15) is 9.59 Å². The van der Waals surface area contributed by atoms with Gasteiger partial charge in [-0.2, -0.15) is 0 Å². The smallest absolute Gasteiger partial charge is 0.255 e. The van der Waals surface area contributed by atoms with Crippen molar-refractivity contribution in [2.45, 2.75) is 33.2 Å². The maximum atomic E-state index is 12.8. The Morgan fingerprint density at radius 2 is 1.58 bits per heavy atom. The van der Waals surface area contributed by atoms with Crippen molar-refractivity contribution in [1.82, 2.24) is 5.32 Å². The van der Waals surface area contributed by atoms with Gasteiger partial charge in [0.1, 0.15) is 5.75 Å². The number of ether oxygens (including phenoxy) is 1. The highest BCUT2D eigenvalue weighted by Gasteiger charge is 2.31. The van der Waals surface area contributed by atoms with Crippen molar-refractivity contribution in [3.63, 3.8) is 0 Å². The van der Waals surface area contributed by atoms with Gasteiger partial charge in [0, 0.05) is 5.56 Å². The van der Waals surface area contributed by atoms with Crippen LogP contribution in [-0.4, -0.2) is 24.3 Å². The molecule has 126 valence electrons. The molecular weight excluding hydrogens is 302 g/mol. The number of Topliss-reactive ketones (excluding diaryl/α,β-unsaturated/α-hetero) is 1. The summed E-state index contributed by atoms with van der Waals surface area (Å²) in [6.07, 6.45) is 0. The summed E-state index contributed by atoms with van der Waals surface area (Å²) in [5, 5.41) is 2.82. The Labute approximate surface area is 142 Å². The molecule has 2 aromatic carbocycles. The third-order valence-electron chi connectivity index (χ3n) is 3.83. The van der Waals surface area contributed by atoms with Gasteiger partial charge >= 0.3 is 0 Å². The molecule has 0 saturated heterocycles. The molecule has 0 aromatic heterocycles. The molecule has 0 aliphatic rings. The molecule has 0 unspecified atom stereocenters. The fourth-order valence-electron chi connectivity index (χ4n) is 2.71. The Morgan fingerprint density at radius 1 is 1.00 bits per heavy atom. The highest BCUT2D eigenvalue weighted by atomic mass is 16.5. The van der Waals surface area contributed by atoms with Crippen LogP contribution in [-0.2, 0) is 0 Å². The van der Waals surface area contributed by atoms with Gasteiger partial charge in [0.15, 0.2) is 5.78 Å². The zero-order chi connectivity index (χ0) is 17.9. The van der Waals surface area contributed by atoms with Gasteiger partial charge in [0.05, 0.1) is 18.2 Å². The van der Waals surface area contributed by atoms with Gasteiger partial charge in [-0.15, -0.1) is 0 Å². The molecule has 2 rings (SSSR count). The summed E-state index contributed by atoms with van der Waals surface area (Å²) in [5.74, 6) is 0.0115. The maximum absolute atomic E-state index is 12.8. The van der Waals surface area contributed by atoms with Gasteiger partial charge in [-0.3, -0.25) is 9.59 Å². The van der Waals surface area contributed by atoms with E-state index < -0.39 is 5.54 Å². The molecular formula is C20H23NO3. The van der Waals surface area contributed by atoms with Crippen LogP contribution in [0.25, 0.3) is 0 Å². The Balaban J connectivity index is 2.26. The Hall–Kier alpha value is -2.62. The number of hydrogen-bond acceptors (Lipinski definition) is 3. The Morgan fingerprint density at radius 3 is 2.17 bits per heavy atom. The van der Waals surface area contributed by atoms with Crippen LogP contribution in [0.5, 0.6) is 5.75 Å². The van der Waals surface area contributed by atoms with Crippen molar-refractivity contribution < 1.29 is 14.3 Å². The van der Waals surface area contributed by atoms with E-state index in [4.69, 9.17) is 4.74 Å². The number of carbonyl (C=O) groups excluding carboxylic acids is 2. The summed E-state index contributed by atoms with van der Waals surface area (Å²) < 4.78 is 5.21. The van der Waals surface area contributed by atoms with Crippen LogP contribution >= 0.6 is 0 Å². The fraction of sp³-hybridized carbons (Fsp3) is 0.300. The minimum atomic E-state index is -1.03. The second-order valence-electron chi connectivity index (χ2n) is 6.48. The zero-order valence-electron chi connectivity index (χ0n) is 14.8. The second-order valence-corrected chi connectivity index (χ2v) is 6.48. The SMILES string of the molecule is COc1ccccc1C(=O)NC(C)(C)C(=O)c1cc(C)cc(C)c1. The first-order valence-corrected chi connectivity index (χ1v) is 7.83. The summed E-state index contributed by atoms with van der Waals surface area (Å²) >= 11 is 0. The standard InChI is InChI=1S/C20H23NO3/c1-13-10-14(2)12-15(11-13)18(22)20(3,4)21-19(23)16-8-6-7-9-17(16)24-5/h6-12H,1-5H3,(H,21,23). The zero-order valence-corrected chi connectivity index (χ0v) is 14.8. The number of methoxy groups -OCH3 is 1. The first kappa shape index (κ1) is 17.7. The minimum Gasteiger partial charge on any atom is -0.496 e. The van der Waals surface area contributed by atoms with Gasteiger partial charge in [-0.25, -0.2) is 0 Å². The lowest BCUT2D eigenvalue weighted by Gasteiger charge is -2.25. The number of ketones is 1. The molecule has 0 atom stereocenters. The molecule has 0 radical (unpaired) electrons. The van der Waals surface area contributed by atoms with Gasteiger partial charge in [0.2, 0.25) is 0 Å². The molecule has 4 nitrogen and oxygen atoms in total. The van der Waals surface area contributed by atoms with Crippen molar-refractivity contribution in [2.75, 3.05) is 7.11 Å². The van der Waals surface area contributed by atoms with E-state index in [1.54, 1.807) is 38.1 Å². The molecule has 0 fully saturated rings. The molecule has 0 saturated carbocycles. The summed E-state index contributed by atoms with van der Waals surface area (Å²) in [5.41, 5.74) is 2.01. The van der Waals surface area contributed by atoms with Gasteiger partial charge < -0.3 is 10.1 Å². The number of nitrogens with one attached hydrogen (secondary N) is 1. The molecule has 0 heterocycles. The van der Waals surface area contributed by atoms with Gasteiger partial charge in [-0.05, 0) is 52.0 Å². The maximum Gasteiger partial charge on any atom is 0.255 e. The highest BCUT2D eigenvalue weighted by Crippen LogP contribution is 2.20. The van der Waals surface area contributed by atoms with Crippen molar-refractivity contribution in [3.8, 4) is 5.75 Å². The molecule has 1 N–H and O–H groups in total. The Kier molecular flexibility index (Phi) is 5.07. The molecule has 0 bridgehead atoms. The third-order valence-corrected chi connectivity index (χ3v) is 3.83. The van der Waals surface area contributed by atoms with E-state index in [-0.39, 0.29) is 11.7 Å². The van der Waals surface area contributed by atoms with Gasteiger partial charge in [0.25, 0.3) is 5.91 Å². The molecule has 0 spiro atoms. The van der Waals surface area contributed by atoms with Crippen molar-refractivity contribution in [2.24, 2.45) is 0 Å². The lowest BCUT2D eigenvalue weighted by molar-refractivity contribution is 0.0796. The molecule has 0 aliphatic heterocycles. The van der Waals surface area contributed by atoms with Crippen LogP contribution in [0.2, 0.25) is 0 Å². The van der Waals surface area contributed by atoms with E-state index in [1.165, 1.54) is 7.11 Å². The number of carbonyl (C=O) groups is 2. The molecule has 2 aromatic rings. The number of amides is 1. The predicted octanol–water partition coefficient (Wildman–Crippen LogP) is 3.70. The summed E-state index contributed by atoms with van der Waals surface area (Å²) in [6, 6.07) is 12.6. The van der Waals surface area contributed by atoms with E-state index in [0.29, 0.717) is 16.9 Å². The molecule has 0 aliphatic carbocycles. The quantitative estimate of drug-likeness (QED) is 0.853. The van der Waals surface area contributed by atoms with Crippen molar-refractivity contribution in [1.29, 1.82) is 0 Å². The number of aryl methyl sites for hydroxylation is 2. The monoisotopic (exact) mass is 325 g/mol. The summed E-state index contributed by atoms with van der Waals surface area (Å²) in [4.78, 5) is 25.4. The molecule has 1 amide bonds. The Bertz CT molecular complexity index is 758. The molecule has 24 heavy (non-hydrogen) atoms. The first-order valence-electron chi connectivity index (χ1n) is 7.83. The van der Waals surface area contributed by atoms with Crippen LogP contribution in [0.4, 0.5) is 0 Å². The first-order chi connectivity index (χ1) is 11.2. The topological polar surface area (TPSA) is 55.4 Å². The lowest BCUT2D eigenvalue weighted by atomic mass is 9.91. The minimum absolute atomic E-state index is 0.127. The molecule has 4 heteroatoms. The lowest BCUT2D eigenvalue weighted by Crippen LogP contribution is -2.49. The summed E-state index contributed by atoms with van der Waals surface area (Å²) in [6.45, 7) is 7.31. The van der Waals surface area contributed by atoms with E-state index in [0.717, 1.165) is 11.1 Å². The van der Waals surface area contributed by atoms with Crippen LogP contribution in [0.3, 0.4) is 0 Å². The predicted molar refractivity (Wildman–Crippen MR) is 94.8 cm³/mol. The highest BCUT2D eigenvalue weighted by molar-refractivity contribution is 6.07. The van der Waals surface area contributed by atoms with Crippen LogP contribution in [0, 0.1) is 13.8 Å². The van der Waals surface area contributed by atoms with E-state index in [2.05, 4.69) is 5.32 Å². The van der Waals surface area contributed by atoms with Crippen LogP contribution in [0.15, 0.2) is 42.5 Å².